The first-order chi connectivity index (χ1) is 11.8. The summed E-state index contributed by atoms with van der Waals surface area (Å²) < 4.78 is 5.02. The standard InChI is InChI=1S/C15H21N5O5/c1-9(21)12(13-18-16-8-25-13)17-11(23)6-19-7-15(14(19)24)4-3-5-20(15)10(2)22/h8-9,12,21H,3-7H2,1-2H3,(H,17,23). The molecule has 25 heavy (non-hydrogen) atoms. The van der Waals surface area contributed by atoms with Crippen molar-refractivity contribution in [3.63, 3.8) is 0 Å². The summed E-state index contributed by atoms with van der Waals surface area (Å²) in [5, 5.41) is 19.6. The molecule has 1 spiro atoms. The third kappa shape index (κ3) is 2.97. The fraction of sp³-hybridized carbons (Fsp3) is 0.667. The van der Waals surface area contributed by atoms with Crippen molar-refractivity contribution >= 4 is 17.7 Å². The molecule has 3 unspecified atom stereocenters. The van der Waals surface area contributed by atoms with E-state index in [9.17, 15) is 19.5 Å². The predicted molar refractivity (Wildman–Crippen MR) is 82.8 cm³/mol. The number of β-lactam (4-membered cyclic amide) rings is 1. The fourth-order valence-electron chi connectivity index (χ4n) is 3.61. The number of rotatable bonds is 5. The number of aliphatic hydroxyl groups excluding tert-OH is 1. The molecule has 2 aliphatic heterocycles. The molecule has 3 amide bonds. The van der Waals surface area contributed by atoms with Gasteiger partial charge in [0.1, 0.15) is 11.6 Å². The molecule has 0 saturated carbocycles. The van der Waals surface area contributed by atoms with E-state index in [0.29, 0.717) is 19.5 Å². The van der Waals surface area contributed by atoms with E-state index in [0.717, 1.165) is 12.8 Å². The van der Waals surface area contributed by atoms with Crippen LogP contribution in [0.5, 0.6) is 0 Å². The summed E-state index contributed by atoms with van der Waals surface area (Å²) >= 11 is 0. The Morgan fingerprint density at radius 2 is 2.28 bits per heavy atom. The lowest BCUT2D eigenvalue weighted by Gasteiger charge is -2.50. The van der Waals surface area contributed by atoms with Crippen LogP contribution >= 0.6 is 0 Å². The first-order valence-electron chi connectivity index (χ1n) is 8.16. The molecule has 136 valence electrons. The van der Waals surface area contributed by atoms with E-state index in [2.05, 4.69) is 15.5 Å². The first-order valence-corrected chi connectivity index (χ1v) is 8.16. The fourth-order valence-corrected chi connectivity index (χ4v) is 3.61. The average molecular weight is 351 g/mol. The van der Waals surface area contributed by atoms with E-state index >= 15 is 0 Å². The summed E-state index contributed by atoms with van der Waals surface area (Å²) in [6.45, 7) is 3.71. The molecule has 0 aliphatic carbocycles. The molecule has 2 saturated heterocycles. The maximum atomic E-state index is 12.5. The minimum absolute atomic E-state index is 0.0910. The molecule has 1 aromatic rings. The van der Waals surface area contributed by atoms with Crippen LogP contribution in [-0.2, 0) is 14.4 Å². The molecule has 3 atom stereocenters. The lowest BCUT2D eigenvalue weighted by atomic mass is 9.85. The van der Waals surface area contributed by atoms with Crippen LogP contribution in [0.15, 0.2) is 10.8 Å². The van der Waals surface area contributed by atoms with Crippen molar-refractivity contribution < 1.29 is 23.9 Å². The van der Waals surface area contributed by atoms with Crippen molar-refractivity contribution in [1.82, 2.24) is 25.3 Å². The van der Waals surface area contributed by atoms with Gasteiger partial charge in [0.2, 0.25) is 24.1 Å². The maximum Gasteiger partial charge on any atom is 0.250 e. The zero-order valence-electron chi connectivity index (χ0n) is 14.1. The van der Waals surface area contributed by atoms with Gasteiger partial charge in [-0.3, -0.25) is 14.4 Å². The number of amides is 3. The Morgan fingerprint density at radius 1 is 1.52 bits per heavy atom. The van der Waals surface area contributed by atoms with Crippen molar-refractivity contribution in [2.75, 3.05) is 19.6 Å². The highest BCUT2D eigenvalue weighted by atomic mass is 16.4. The van der Waals surface area contributed by atoms with E-state index in [1.807, 2.05) is 0 Å². The highest BCUT2D eigenvalue weighted by Crippen LogP contribution is 2.38. The Labute approximate surface area is 144 Å². The molecule has 1 aromatic heterocycles. The predicted octanol–water partition coefficient (Wildman–Crippen LogP) is -1.17. The van der Waals surface area contributed by atoms with Gasteiger partial charge in [-0.1, -0.05) is 0 Å². The molecule has 0 aromatic carbocycles. The van der Waals surface area contributed by atoms with Crippen LogP contribution in [0, 0.1) is 0 Å². The Balaban J connectivity index is 1.60. The second kappa shape index (κ2) is 6.43. The smallest absolute Gasteiger partial charge is 0.250 e. The molecular weight excluding hydrogens is 330 g/mol. The topological polar surface area (TPSA) is 129 Å². The van der Waals surface area contributed by atoms with Gasteiger partial charge < -0.3 is 24.6 Å². The maximum absolute atomic E-state index is 12.5. The van der Waals surface area contributed by atoms with E-state index in [1.165, 1.54) is 18.7 Å². The molecule has 0 bridgehead atoms. The highest BCUT2D eigenvalue weighted by molar-refractivity contribution is 5.99. The largest absolute Gasteiger partial charge is 0.426 e. The minimum Gasteiger partial charge on any atom is -0.426 e. The van der Waals surface area contributed by atoms with Crippen LogP contribution in [0.1, 0.15) is 38.6 Å². The van der Waals surface area contributed by atoms with Gasteiger partial charge in [-0.25, -0.2) is 0 Å². The second-order valence-electron chi connectivity index (χ2n) is 6.53. The molecule has 2 N–H and O–H groups in total. The normalized spacial score (nSPS) is 25.0. The number of likely N-dealkylation sites (tertiary alicyclic amines) is 2. The second-order valence-corrected chi connectivity index (χ2v) is 6.53. The zero-order valence-corrected chi connectivity index (χ0v) is 14.1. The van der Waals surface area contributed by atoms with Crippen molar-refractivity contribution in [3.8, 4) is 0 Å². The summed E-state index contributed by atoms with van der Waals surface area (Å²) in [6, 6.07) is -0.847. The quantitative estimate of drug-likeness (QED) is 0.640. The van der Waals surface area contributed by atoms with Crippen molar-refractivity contribution in [1.29, 1.82) is 0 Å². The molecule has 10 heteroatoms. The van der Waals surface area contributed by atoms with Crippen LogP contribution in [0.25, 0.3) is 0 Å². The summed E-state index contributed by atoms with van der Waals surface area (Å²) in [6.07, 6.45) is 1.58. The Kier molecular flexibility index (Phi) is 4.46. The highest BCUT2D eigenvalue weighted by Gasteiger charge is 2.59. The summed E-state index contributed by atoms with van der Waals surface area (Å²) in [7, 11) is 0. The van der Waals surface area contributed by atoms with Crippen molar-refractivity contribution in [2.45, 2.75) is 44.4 Å². The monoisotopic (exact) mass is 351 g/mol. The number of carbonyl (C=O) groups excluding carboxylic acids is 3. The van der Waals surface area contributed by atoms with E-state index in [4.69, 9.17) is 4.42 Å². The molecular formula is C15H21N5O5. The number of carbonyl (C=O) groups is 3. The molecule has 3 rings (SSSR count). The van der Waals surface area contributed by atoms with Gasteiger partial charge in [0.05, 0.1) is 19.2 Å². The third-order valence-electron chi connectivity index (χ3n) is 4.78. The van der Waals surface area contributed by atoms with Crippen molar-refractivity contribution in [3.05, 3.63) is 12.3 Å². The number of nitrogens with zero attached hydrogens (tertiary/aromatic N) is 4. The number of aromatic nitrogens is 2. The first kappa shape index (κ1) is 17.3. The number of aliphatic hydroxyl groups is 1. The summed E-state index contributed by atoms with van der Waals surface area (Å²) in [5.41, 5.74) is -0.776. The molecule has 3 heterocycles. The summed E-state index contributed by atoms with van der Waals surface area (Å²) in [4.78, 5) is 39.5. The van der Waals surface area contributed by atoms with Gasteiger partial charge in [0, 0.05) is 13.5 Å². The summed E-state index contributed by atoms with van der Waals surface area (Å²) in [5.74, 6) is -0.685. The van der Waals surface area contributed by atoms with Crippen LogP contribution in [0.2, 0.25) is 0 Å². The van der Waals surface area contributed by atoms with Gasteiger partial charge in [-0.05, 0) is 19.8 Å². The van der Waals surface area contributed by atoms with Gasteiger partial charge in [-0.15, -0.1) is 10.2 Å². The molecule has 0 radical (unpaired) electrons. The molecule has 10 nitrogen and oxygen atoms in total. The zero-order chi connectivity index (χ0) is 18.2. The van der Waals surface area contributed by atoms with E-state index in [-0.39, 0.29) is 24.2 Å². The SMILES string of the molecule is CC(=O)N1CCCC12CN(CC(=O)NC(c1nnco1)C(C)O)C2=O. The van der Waals surface area contributed by atoms with E-state index < -0.39 is 23.6 Å². The van der Waals surface area contributed by atoms with Crippen LogP contribution < -0.4 is 5.32 Å². The average Bonchev–Trinajstić information content (AvgIpc) is 3.22. The molecule has 2 aliphatic rings. The Bertz CT molecular complexity index is 676. The Morgan fingerprint density at radius 3 is 2.84 bits per heavy atom. The minimum atomic E-state index is -0.939. The lowest BCUT2D eigenvalue weighted by Crippen LogP contribution is -2.73. The van der Waals surface area contributed by atoms with Gasteiger partial charge in [0.25, 0.3) is 5.91 Å². The number of nitrogens with one attached hydrogen (secondary N) is 1. The van der Waals surface area contributed by atoms with Crippen LogP contribution in [0.4, 0.5) is 0 Å². The number of hydrogen-bond acceptors (Lipinski definition) is 7. The Hall–Kier alpha value is -2.49. The van der Waals surface area contributed by atoms with Gasteiger partial charge >= 0.3 is 0 Å². The molecule has 2 fully saturated rings. The lowest BCUT2D eigenvalue weighted by molar-refractivity contribution is -0.168. The third-order valence-corrected chi connectivity index (χ3v) is 4.78. The number of hydrogen-bond donors (Lipinski definition) is 2. The van der Waals surface area contributed by atoms with Crippen LogP contribution in [-0.4, -0.2) is 74.1 Å². The van der Waals surface area contributed by atoms with Crippen molar-refractivity contribution in [2.24, 2.45) is 0 Å². The van der Waals surface area contributed by atoms with Gasteiger partial charge in [0.15, 0.2) is 0 Å². The van der Waals surface area contributed by atoms with E-state index in [1.54, 1.807) is 4.90 Å². The van der Waals surface area contributed by atoms with Crippen LogP contribution in [0.3, 0.4) is 0 Å². The van der Waals surface area contributed by atoms with Gasteiger partial charge in [-0.2, -0.15) is 0 Å².